The first-order valence-electron chi connectivity index (χ1n) is 29.7. The molecule has 6 heteroatoms. The molecular formula is C67H108O6. The standard InChI is InChI=1S/C67H108O6/c1-4-7-10-13-16-19-22-25-28-31-33-36-38-41-44-47-50-53-56-59-65(68)71-62-64(73-67(70)61-58-55-52-49-46-43-40-35-30-27-24-21-18-15-12-9-6-3)63-72-66(69)60-57-54-51-48-45-42-39-37-34-32-29-26-23-20-17-14-11-8-5-2/h16-17,19-20,25-30,33-34,36-37,40-45,49,52,64H,4-15,18,21-24,31-32,35,38-39,46-48,50-51,53-63H2,1-3H3/b19-16-,20-17-,28-25-,29-26-,30-27-,36-33-,37-34-,43-40-,44-41-,45-42-,52-49-. The van der Waals surface area contributed by atoms with Gasteiger partial charge in [0, 0.05) is 19.3 Å². The molecule has 0 atom stereocenters. The summed E-state index contributed by atoms with van der Waals surface area (Å²) in [6, 6.07) is 0. The number of hydrogen-bond donors (Lipinski definition) is 0. The highest BCUT2D eigenvalue weighted by atomic mass is 16.6. The van der Waals surface area contributed by atoms with Crippen LogP contribution in [0.1, 0.15) is 252 Å². The van der Waals surface area contributed by atoms with Crippen LogP contribution in [0.3, 0.4) is 0 Å². The fraction of sp³-hybridized carbons (Fsp3) is 0.627. The van der Waals surface area contributed by atoms with Gasteiger partial charge in [0.05, 0.1) is 0 Å². The van der Waals surface area contributed by atoms with Crippen molar-refractivity contribution in [3.63, 3.8) is 0 Å². The van der Waals surface area contributed by atoms with Gasteiger partial charge in [-0.05, 0) is 141 Å². The lowest BCUT2D eigenvalue weighted by Gasteiger charge is -2.18. The van der Waals surface area contributed by atoms with Crippen molar-refractivity contribution in [1.29, 1.82) is 0 Å². The fourth-order valence-corrected chi connectivity index (χ4v) is 7.60. The van der Waals surface area contributed by atoms with E-state index in [1.54, 1.807) is 0 Å². The maximum Gasteiger partial charge on any atom is 0.306 e. The summed E-state index contributed by atoms with van der Waals surface area (Å²) in [6.07, 6.45) is 84.4. The van der Waals surface area contributed by atoms with Crippen LogP contribution in [0.15, 0.2) is 134 Å². The topological polar surface area (TPSA) is 78.9 Å². The Morgan fingerprint density at radius 2 is 0.507 bits per heavy atom. The summed E-state index contributed by atoms with van der Waals surface area (Å²) in [5.41, 5.74) is 0. The number of carbonyl (C=O) groups is 3. The Hall–Kier alpha value is -4.45. The lowest BCUT2D eigenvalue weighted by atomic mass is 10.1. The minimum Gasteiger partial charge on any atom is -0.462 e. The SMILES string of the molecule is CCCCC/C=C\C/C=C\C/C=C\C/C=C\CCCCCC(=O)OCC(COC(=O)CCCCC/C=C\C/C=C\C/C=C\C/C=C\CCCCC)OC(=O)CCC/C=C\C/C=C\C/C=C\CCCCCCCC. The van der Waals surface area contributed by atoms with Gasteiger partial charge in [0.1, 0.15) is 13.2 Å². The summed E-state index contributed by atoms with van der Waals surface area (Å²) in [5.74, 6) is -1.04. The molecular weight excluding hydrogens is 901 g/mol. The molecule has 0 aromatic carbocycles. The summed E-state index contributed by atoms with van der Waals surface area (Å²) in [5, 5.41) is 0. The first-order valence-corrected chi connectivity index (χ1v) is 29.7. The van der Waals surface area contributed by atoms with Gasteiger partial charge in [0.15, 0.2) is 6.10 Å². The highest BCUT2D eigenvalue weighted by molar-refractivity contribution is 5.71. The van der Waals surface area contributed by atoms with Gasteiger partial charge in [-0.2, -0.15) is 0 Å². The van der Waals surface area contributed by atoms with Crippen molar-refractivity contribution < 1.29 is 28.6 Å². The molecule has 6 nitrogen and oxygen atoms in total. The van der Waals surface area contributed by atoms with E-state index in [1.165, 1.54) is 96.3 Å². The van der Waals surface area contributed by atoms with E-state index in [1.807, 2.05) is 0 Å². The first-order chi connectivity index (χ1) is 36.0. The van der Waals surface area contributed by atoms with Crippen LogP contribution in [-0.2, 0) is 28.6 Å². The van der Waals surface area contributed by atoms with Gasteiger partial charge in [-0.1, -0.05) is 225 Å². The zero-order valence-corrected chi connectivity index (χ0v) is 47.1. The van der Waals surface area contributed by atoms with Crippen LogP contribution in [0, 0.1) is 0 Å². The molecule has 0 aromatic rings. The Balaban J connectivity index is 4.60. The maximum atomic E-state index is 12.9. The smallest absolute Gasteiger partial charge is 0.306 e. The summed E-state index contributed by atoms with van der Waals surface area (Å²) in [6.45, 7) is 6.47. The number of rotatable bonds is 52. The maximum absolute atomic E-state index is 12.9. The van der Waals surface area contributed by atoms with Gasteiger partial charge in [-0.3, -0.25) is 14.4 Å². The second kappa shape index (κ2) is 60.1. The third kappa shape index (κ3) is 58.3. The van der Waals surface area contributed by atoms with Crippen LogP contribution < -0.4 is 0 Å². The number of allylic oxidation sites excluding steroid dienone is 22. The van der Waals surface area contributed by atoms with E-state index in [-0.39, 0.29) is 37.5 Å². The molecule has 0 fully saturated rings. The van der Waals surface area contributed by atoms with Gasteiger partial charge >= 0.3 is 17.9 Å². The fourth-order valence-electron chi connectivity index (χ4n) is 7.60. The molecule has 0 aliphatic rings. The van der Waals surface area contributed by atoms with E-state index >= 15 is 0 Å². The molecule has 0 heterocycles. The molecule has 73 heavy (non-hydrogen) atoms. The lowest BCUT2D eigenvalue weighted by molar-refractivity contribution is -0.167. The van der Waals surface area contributed by atoms with Crippen molar-refractivity contribution in [1.82, 2.24) is 0 Å². The molecule has 0 radical (unpaired) electrons. The molecule has 0 aliphatic carbocycles. The Labute approximate surface area is 449 Å². The normalized spacial score (nSPS) is 12.7. The second-order valence-electron chi connectivity index (χ2n) is 19.2. The average Bonchev–Trinajstić information content (AvgIpc) is 3.39. The van der Waals surface area contributed by atoms with Crippen molar-refractivity contribution in [2.75, 3.05) is 13.2 Å². The Morgan fingerprint density at radius 3 is 0.836 bits per heavy atom. The predicted octanol–water partition coefficient (Wildman–Crippen LogP) is 20.2. The van der Waals surface area contributed by atoms with E-state index in [0.29, 0.717) is 19.3 Å². The highest BCUT2D eigenvalue weighted by Crippen LogP contribution is 2.12. The molecule has 0 bridgehead atoms. The van der Waals surface area contributed by atoms with Gasteiger partial charge in [0.25, 0.3) is 0 Å². The highest BCUT2D eigenvalue weighted by Gasteiger charge is 2.19. The van der Waals surface area contributed by atoms with Gasteiger partial charge < -0.3 is 14.2 Å². The Bertz CT molecular complexity index is 1500. The molecule has 0 N–H and O–H groups in total. The molecule has 0 rings (SSSR count). The van der Waals surface area contributed by atoms with Crippen molar-refractivity contribution >= 4 is 17.9 Å². The van der Waals surface area contributed by atoms with E-state index < -0.39 is 6.10 Å². The zero-order valence-electron chi connectivity index (χ0n) is 47.1. The summed E-state index contributed by atoms with van der Waals surface area (Å²) in [7, 11) is 0. The molecule has 0 unspecified atom stereocenters. The number of unbranched alkanes of at least 4 members (excludes halogenated alkanes) is 19. The average molecular weight is 1010 g/mol. The van der Waals surface area contributed by atoms with Crippen LogP contribution in [0.25, 0.3) is 0 Å². The zero-order chi connectivity index (χ0) is 52.9. The summed E-state index contributed by atoms with van der Waals surface area (Å²) >= 11 is 0. The quantitative estimate of drug-likeness (QED) is 0.0261. The first kappa shape index (κ1) is 68.6. The Morgan fingerprint density at radius 1 is 0.274 bits per heavy atom. The van der Waals surface area contributed by atoms with Gasteiger partial charge in [-0.25, -0.2) is 0 Å². The van der Waals surface area contributed by atoms with Crippen LogP contribution in [0.2, 0.25) is 0 Å². The van der Waals surface area contributed by atoms with E-state index in [4.69, 9.17) is 14.2 Å². The number of carbonyl (C=O) groups excluding carboxylic acids is 3. The molecule has 0 aromatic heterocycles. The van der Waals surface area contributed by atoms with E-state index in [0.717, 1.165) is 109 Å². The molecule has 0 amide bonds. The third-order valence-corrected chi connectivity index (χ3v) is 12.1. The minimum atomic E-state index is -0.837. The van der Waals surface area contributed by atoms with Gasteiger partial charge in [-0.15, -0.1) is 0 Å². The van der Waals surface area contributed by atoms with Gasteiger partial charge in [0.2, 0.25) is 0 Å². The monoisotopic (exact) mass is 1010 g/mol. The molecule has 412 valence electrons. The minimum absolute atomic E-state index is 0.129. The summed E-state index contributed by atoms with van der Waals surface area (Å²) < 4.78 is 16.8. The van der Waals surface area contributed by atoms with Crippen LogP contribution in [0.4, 0.5) is 0 Å². The lowest BCUT2D eigenvalue weighted by Crippen LogP contribution is -2.30. The molecule has 0 spiro atoms. The third-order valence-electron chi connectivity index (χ3n) is 12.1. The largest absolute Gasteiger partial charge is 0.462 e. The second-order valence-corrected chi connectivity index (χ2v) is 19.2. The predicted molar refractivity (Wildman–Crippen MR) is 316 cm³/mol. The van der Waals surface area contributed by atoms with Crippen LogP contribution >= 0.6 is 0 Å². The van der Waals surface area contributed by atoms with E-state index in [9.17, 15) is 14.4 Å². The van der Waals surface area contributed by atoms with Crippen molar-refractivity contribution in [2.45, 2.75) is 258 Å². The molecule has 0 saturated carbocycles. The number of hydrogen-bond acceptors (Lipinski definition) is 6. The summed E-state index contributed by atoms with van der Waals surface area (Å²) in [4.78, 5) is 38.2. The van der Waals surface area contributed by atoms with Crippen molar-refractivity contribution in [2.24, 2.45) is 0 Å². The Kier molecular flexibility index (Phi) is 56.4. The molecule has 0 aliphatic heterocycles. The van der Waals surface area contributed by atoms with Crippen LogP contribution in [0.5, 0.6) is 0 Å². The van der Waals surface area contributed by atoms with Crippen LogP contribution in [-0.4, -0.2) is 37.2 Å². The van der Waals surface area contributed by atoms with Crippen molar-refractivity contribution in [3.05, 3.63) is 134 Å². The van der Waals surface area contributed by atoms with Crippen molar-refractivity contribution in [3.8, 4) is 0 Å². The van der Waals surface area contributed by atoms with E-state index in [2.05, 4.69) is 154 Å². The number of esters is 3. The molecule has 0 saturated heterocycles. The number of ether oxygens (including phenoxy) is 3.